The van der Waals surface area contributed by atoms with Gasteiger partial charge in [0.2, 0.25) is 11.8 Å². The molecule has 2 aromatic carbocycles. The number of rotatable bonds is 6. The Kier molecular flexibility index (Phi) is 6.23. The average Bonchev–Trinajstić information content (AvgIpc) is 2.67. The smallest absolute Gasteiger partial charge is 0.387 e. The van der Waals surface area contributed by atoms with Crippen molar-refractivity contribution >= 4 is 11.6 Å². The molecule has 0 saturated heterocycles. The minimum atomic E-state index is -3.02. The molecular weight excluding hydrogens is 428 g/mol. The van der Waals surface area contributed by atoms with Crippen LogP contribution in [0.2, 0.25) is 0 Å². The number of aryl methyl sites for hydroxylation is 2. The van der Waals surface area contributed by atoms with E-state index >= 15 is 0 Å². The molecule has 0 aliphatic carbocycles. The van der Waals surface area contributed by atoms with Crippen LogP contribution < -0.4 is 15.6 Å². The van der Waals surface area contributed by atoms with E-state index in [4.69, 9.17) is 0 Å². The zero-order valence-electron chi connectivity index (χ0n) is 16.1. The van der Waals surface area contributed by atoms with Crippen LogP contribution >= 0.6 is 0 Å². The van der Waals surface area contributed by atoms with Gasteiger partial charge in [-0.25, -0.2) is 13.2 Å². The van der Waals surface area contributed by atoms with Gasteiger partial charge >= 0.3 is 12.2 Å². The molecule has 3 rings (SSSR count). The zero-order valence-corrected chi connectivity index (χ0v) is 16.1. The molecule has 5 nitrogen and oxygen atoms in total. The third-order valence-corrected chi connectivity index (χ3v) is 4.33. The highest BCUT2D eigenvalue weighted by Crippen LogP contribution is 2.29. The van der Waals surface area contributed by atoms with Crippen molar-refractivity contribution in [3.63, 3.8) is 0 Å². The number of nitrogens with zero attached hydrogens (tertiary/aromatic N) is 2. The lowest BCUT2D eigenvalue weighted by molar-refractivity contribution is -0.0503. The number of halogens is 6. The number of aromatic nitrogens is 2. The molecule has 164 valence electrons. The van der Waals surface area contributed by atoms with Gasteiger partial charge in [-0.2, -0.15) is 18.2 Å². The Morgan fingerprint density at radius 1 is 1.00 bits per heavy atom. The summed E-state index contributed by atoms with van der Waals surface area (Å²) in [4.78, 5) is 15.3. The first-order valence-corrected chi connectivity index (χ1v) is 8.78. The Labute approximate surface area is 171 Å². The van der Waals surface area contributed by atoms with Crippen LogP contribution in [0.25, 0.3) is 0 Å². The molecule has 11 heteroatoms. The van der Waals surface area contributed by atoms with E-state index in [9.17, 15) is 31.1 Å². The topological polar surface area (TPSA) is 56.1 Å². The molecule has 0 saturated carbocycles. The van der Waals surface area contributed by atoms with Gasteiger partial charge in [-0.05, 0) is 54.8 Å². The number of hydrogen-bond donors (Lipinski definition) is 1. The molecule has 0 fully saturated rings. The van der Waals surface area contributed by atoms with Gasteiger partial charge in [0.15, 0.2) is 17.5 Å². The van der Waals surface area contributed by atoms with Crippen LogP contribution in [0, 0.1) is 37.1 Å². The number of anilines is 2. The summed E-state index contributed by atoms with van der Waals surface area (Å²) < 4.78 is 84.5. The Morgan fingerprint density at radius 3 is 2.26 bits per heavy atom. The quantitative estimate of drug-likeness (QED) is 0.439. The van der Waals surface area contributed by atoms with E-state index in [2.05, 4.69) is 15.0 Å². The average molecular weight is 443 g/mol. The summed E-state index contributed by atoms with van der Waals surface area (Å²) in [5.41, 5.74) is -0.139. The molecule has 31 heavy (non-hydrogen) atoms. The van der Waals surface area contributed by atoms with Crippen LogP contribution in [-0.2, 0) is 6.54 Å². The van der Waals surface area contributed by atoms with Crippen LogP contribution in [0.3, 0.4) is 0 Å². The molecule has 0 bridgehead atoms. The van der Waals surface area contributed by atoms with Crippen molar-refractivity contribution in [2.45, 2.75) is 27.0 Å². The summed E-state index contributed by atoms with van der Waals surface area (Å²) >= 11 is 0. The van der Waals surface area contributed by atoms with E-state index in [1.807, 2.05) is 0 Å². The highest BCUT2D eigenvalue weighted by atomic mass is 19.3. The molecule has 1 N–H and O–H groups in total. The Hall–Kier alpha value is -3.50. The number of ether oxygens (including phenoxy) is 1. The van der Waals surface area contributed by atoms with E-state index in [-0.39, 0.29) is 23.8 Å². The lowest BCUT2D eigenvalue weighted by atomic mass is 10.1. The molecule has 0 radical (unpaired) electrons. The van der Waals surface area contributed by atoms with Crippen molar-refractivity contribution in [1.82, 2.24) is 9.55 Å². The van der Waals surface area contributed by atoms with E-state index in [0.717, 1.165) is 22.9 Å². The van der Waals surface area contributed by atoms with Gasteiger partial charge in [-0.3, -0.25) is 4.79 Å². The van der Waals surface area contributed by atoms with E-state index < -0.39 is 35.4 Å². The van der Waals surface area contributed by atoms with Gasteiger partial charge in [-0.15, -0.1) is 0 Å². The van der Waals surface area contributed by atoms with Gasteiger partial charge < -0.3 is 14.6 Å². The molecule has 1 heterocycles. The van der Waals surface area contributed by atoms with Gasteiger partial charge in [0.05, 0.1) is 6.54 Å². The zero-order chi connectivity index (χ0) is 22.9. The molecule has 0 unspecified atom stereocenters. The predicted octanol–water partition coefficient (Wildman–Crippen LogP) is 4.81. The van der Waals surface area contributed by atoms with Crippen LogP contribution in [0.1, 0.15) is 16.7 Å². The second kappa shape index (κ2) is 8.70. The number of nitrogens with one attached hydrogen (secondary N) is 1. The van der Waals surface area contributed by atoms with Gasteiger partial charge in [0, 0.05) is 11.9 Å². The highest BCUT2D eigenvalue weighted by molar-refractivity contribution is 5.62. The molecule has 0 atom stereocenters. The molecule has 0 spiro atoms. The van der Waals surface area contributed by atoms with Crippen molar-refractivity contribution in [3.8, 4) is 5.75 Å². The second-order valence-corrected chi connectivity index (χ2v) is 6.66. The summed E-state index contributed by atoms with van der Waals surface area (Å²) in [6, 6.07) is 4.23. The summed E-state index contributed by atoms with van der Waals surface area (Å²) in [5, 5.41) is 2.77. The minimum absolute atomic E-state index is 0.0558. The summed E-state index contributed by atoms with van der Waals surface area (Å²) in [6.45, 7) is -0.294. The molecule has 1 aromatic heterocycles. The molecule has 0 aliphatic heterocycles. The van der Waals surface area contributed by atoms with Crippen LogP contribution in [-0.4, -0.2) is 16.2 Å². The van der Waals surface area contributed by atoms with Crippen molar-refractivity contribution in [1.29, 1.82) is 0 Å². The lowest BCUT2D eigenvalue weighted by Crippen LogP contribution is -2.20. The first-order chi connectivity index (χ1) is 14.5. The third-order valence-electron chi connectivity index (χ3n) is 4.33. The van der Waals surface area contributed by atoms with E-state index in [1.165, 1.54) is 19.1 Å². The first kappa shape index (κ1) is 22.2. The van der Waals surface area contributed by atoms with Gasteiger partial charge in [0.25, 0.3) is 0 Å². The van der Waals surface area contributed by atoms with Crippen LogP contribution in [0.5, 0.6) is 5.75 Å². The number of hydrogen-bond acceptors (Lipinski definition) is 4. The maximum atomic E-state index is 13.8. The molecular formula is C20H15F6N3O2. The van der Waals surface area contributed by atoms with Crippen LogP contribution in [0.4, 0.5) is 38.0 Å². The van der Waals surface area contributed by atoms with Crippen molar-refractivity contribution in [3.05, 3.63) is 80.8 Å². The fraction of sp³-hybridized carbons (Fsp3) is 0.200. The summed E-state index contributed by atoms with van der Waals surface area (Å²) in [6.07, 6.45) is 0.771. The monoisotopic (exact) mass is 443 g/mol. The van der Waals surface area contributed by atoms with E-state index in [0.29, 0.717) is 16.8 Å². The maximum Gasteiger partial charge on any atom is 0.387 e. The maximum absolute atomic E-state index is 13.8. The summed E-state index contributed by atoms with van der Waals surface area (Å²) in [7, 11) is 0. The minimum Gasteiger partial charge on any atom is -0.435 e. The number of benzene rings is 2. The lowest BCUT2D eigenvalue weighted by Gasteiger charge is -2.17. The fourth-order valence-electron chi connectivity index (χ4n) is 2.85. The number of alkyl halides is 2. The largest absolute Gasteiger partial charge is 0.435 e. The first-order valence-electron chi connectivity index (χ1n) is 8.78. The fourth-order valence-corrected chi connectivity index (χ4v) is 2.85. The highest BCUT2D eigenvalue weighted by Gasteiger charge is 2.16. The second-order valence-electron chi connectivity index (χ2n) is 6.66. The normalized spacial score (nSPS) is 11.1. The van der Waals surface area contributed by atoms with Crippen molar-refractivity contribution < 1.29 is 31.1 Å². The Bertz CT molecular complexity index is 1170. The predicted molar refractivity (Wildman–Crippen MR) is 99.7 cm³/mol. The SMILES string of the molecule is Cc1cc(OC(F)F)c(C)cc1Nc1nc(=O)c(F)cn1Cc1cc(F)c(F)c(F)c1. The summed E-state index contributed by atoms with van der Waals surface area (Å²) in [5.74, 6) is -5.98. The van der Waals surface area contributed by atoms with Crippen LogP contribution in [0.15, 0.2) is 35.3 Å². The molecule has 0 aliphatic rings. The molecule has 0 amide bonds. The Morgan fingerprint density at radius 2 is 1.65 bits per heavy atom. The Balaban J connectivity index is 2.00. The molecule has 3 aromatic rings. The third kappa shape index (κ3) is 4.98. The van der Waals surface area contributed by atoms with Gasteiger partial charge in [0.1, 0.15) is 5.75 Å². The van der Waals surface area contributed by atoms with Gasteiger partial charge in [-0.1, -0.05) is 0 Å². The van der Waals surface area contributed by atoms with Crippen molar-refractivity contribution in [2.24, 2.45) is 0 Å². The van der Waals surface area contributed by atoms with Crippen molar-refractivity contribution in [2.75, 3.05) is 5.32 Å². The van der Waals surface area contributed by atoms with E-state index in [1.54, 1.807) is 6.92 Å². The standard InChI is InChI=1S/C20H15F6N3O2/c1-9-4-16(31-19(25)26)10(2)3-15(9)27-20-28-18(30)14(23)8-29(20)7-11-5-12(21)17(24)13(22)6-11/h3-6,8,19H,7H2,1-2H3,(H,27,28,30).